The zero-order chi connectivity index (χ0) is 29.3. The Bertz CT molecular complexity index is 2560. The van der Waals surface area contributed by atoms with Gasteiger partial charge in [0.2, 0.25) is 0 Å². The van der Waals surface area contributed by atoms with Gasteiger partial charge < -0.3 is 4.57 Å². The van der Waals surface area contributed by atoms with Gasteiger partial charge >= 0.3 is 0 Å². The first kappa shape index (κ1) is 25.3. The summed E-state index contributed by atoms with van der Waals surface area (Å²) in [7, 11) is -3.54. The Morgan fingerprint density at radius 2 is 0.705 bits per heavy atom. The first-order valence-corrected chi connectivity index (χ1v) is 16.8. The van der Waals surface area contributed by atoms with Crippen LogP contribution in [0.5, 0.6) is 0 Å². The summed E-state index contributed by atoms with van der Waals surface area (Å²) in [6.45, 7) is 0. The molecule has 0 bridgehead atoms. The fourth-order valence-electron chi connectivity index (χ4n) is 7.37. The molecule has 0 aromatic heterocycles. The highest BCUT2D eigenvalue weighted by atomic mass is 31.2. The smallest absolute Gasteiger partial charge is 0.173 e. The van der Waals surface area contributed by atoms with Gasteiger partial charge in [0.05, 0.1) is 0 Å². The Hall–Kier alpha value is -5.23. The number of benzene rings is 9. The molecule has 0 aliphatic heterocycles. The van der Waals surface area contributed by atoms with E-state index in [0.29, 0.717) is 0 Å². The van der Waals surface area contributed by atoms with E-state index < -0.39 is 7.14 Å². The molecule has 0 radical (unpaired) electrons. The molecule has 0 atom stereocenters. The van der Waals surface area contributed by atoms with Crippen LogP contribution in [-0.2, 0) is 4.57 Å². The summed E-state index contributed by atoms with van der Waals surface area (Å²) in [5, 5.41) is 15.9. The molecule has 0 N–H and O–H groups in total. The summed E-state index contributed by atoms with van der Waals surface area (Å²) in [6.07, 6.45) is 0. The van der Waals surface area contributed by atoms with Crippen molar-refractivity contribution in [1.82, 2.24) is 0 Å². The third-order valence-electron chi connectivity index (χ3n) is 9.25. The minimum Gasteiger partial charge on any atom is -0.309 e. The van der Waals surface area contributed by atoms with Gasteiger partial charge in [-0.05, 0) is 65.3 Å². The fraction of sp³-hybridized carbons (Fsp3) is 0. The largest absolute Gasteiger partial charge is 0.309 e. The summed E-state index contributed by atoms with van der Waals surface area (Å²) in [5.41, 5.74) is 0. The maximum atomic E-state index is 17.1. The van der Waals surface area contributed by atoms with Crippen LogP contribution in [0, 0.1) is 0 Å². The van der Waals surface area contributed by atoms with Crippen molar-refractivity contribution in [2.45, 2.75) is 0 Å². The van der Waals surface area contributed by atoms with Crippen LogP contribution in [0.4, 0.5) is 0 Å². The second-order valence-electron chi connectivity index (χ2n) is 11.6. The van der Waals surface area contributed by atoms with E-state index in [1.807, 2.05) is 0 Å². The van der Waals surface area contributed by atoms with Crippen LogP contribution in [0.3, 0.4) is 0 Å². The molecule has 0 unspecified atom stereocenters. The molecule has 0 saturated carbocycles. The molecule has 9 rings (SSSR count). The molecule has 0 saturated heterocycles. The first-order chi connectivity index (χ1) is 21.7. The van der Waals surface area contributed by atoms with Gasteiger partial charge in [-0.2, -0.15) is 0 Å². The Labute approximate surface area is 255 Å². The van der Waals surface area contributed by atoms with E-state index in [4.69, 9.17) is 0 Å². The zero-order valence-electron chi connectivity index (χ0n) is 23.9. The summed E-state index contributed by atoms with van der Waals surface area (Å²) >= 11 is 0. The van der Waals surface area contributed by atoms with Crippen molar-refractivity contribution in [3.63, 3.8) is 0 Å². The standard InChI is InChI=1S/C42H27OP/c43-44(39-25-11-16-28-13-1-4-18-31(28)39,40-26-12-17-29-14-2-5-19-32(29)40)42-33-20-6-3-15-30(33)27-38-36-23-8-7-21-34(36)35-22-9-10-24-37(35)41(38)42/h1-27H. The number of hydrogen-bond donors (Lipinski definition) is 0. The van der Waals surface area contributed by atoms with E-state index in [9.17, 15) is 0 Å². The molecule has 0 heterocycles. The van der Waals surface area contributed by atoms with Crippen LogP contribution >= 0.6 is 7.14 Å². The van der Waals surface area contributed by atoms with Gasteiger partial charge in [0.15, 0.2) is 7.14 Å². The van der Waals surface area contributed by atoms with Crippen LogP contribution in [-0.4, -0.2) is 0 Å². The predicted octanol–water partition coefficient (Wildman–Crippen LogP) is 10.2. The lowest BCUT2D eigenvalue weighted by Gasteiger charge is -2.27. The van der Waals surface area contributed by atoms with E-state index in [-0.39, 0.29) is 0 Å². The van der Waals surface area contributed by atoms with E-state index in [1.165, 1.54) is 16.2 Å². The lowest BCUT2D eigenvalue weighted by atomic mass is 9.92. The molecule has 9 aromatic carbocycles. The van der Waals surface area contributed by atoms with Crippen molar-refractivity contribution in [2.75, 3.05) is 0 Å². The lowest BCUT2D eigenvalue weighted by molar-refractivity contribution is 0.593. The average molecular weight is 579 g/mol. The number of fused-ring (bicyclic) bond motifs is 9. The van der Waals surface area contributed by atoms with E-state index in [0.717, 1.165) is 64.4 Å². The first-order valence-electron chi connectivity index (χ1n) is 15.1. The summed E-state index contributed by atoms with van der Waals surface area (Å²) in [5.74, 6) is 0. The molecule has 0 aliphatic carbocycles. The molecule has 1 nitrogen and oxygen atoms in total. The van der Waals surface area contributed by atoms with Crippen molar-refractivity contribution < 1.29 is 4.57 Å². The van der Waals surface area contributed by atoms with Crippen molar-refractivity contribution in [1.29, 1.82) is 0 Å². The number of rotatable bonds is 3. The molecule has 206 valence electrons. The summed E-state index contributed by atoms with van der Waals surface area (Å²) in [4.78, 5) is 0. The number of hydrogen-bond acceptors (Lipinski definition) is 1. The predicted molar refractivity (Wildman–Crippen MR) is 191 cm³/mol. The van der Waals surface area contributed by atoms with Crippen LogP contribution < -0.4 is 15.9 Å². The van der Waals surface area contributed by atoms with Gasteiger partial charge in [-0.3, -0.25) is 0 Å². The van der Waals surface area contributed by atoms with Crippen LogP contribution in [0.2, 0.25) is 0 Å². The molecule has 2 heteroatoms. The SMILES string of the molecule is O=P(c1cccc2ccccc12)(c1cccc2ccccc12)c1c2ccccc2cc2c3ccccc3c3ccccc3c12. The third kappa shape index (κ3) is 3.51. The Morgan fingerprint density at radius 1 is 0.318 bits per heavy atom. The average Bonchev–Trinajstić information content (AvgIpc) is 3.10. The minimum atomic E-state index is -3.54. The Kier molecular flexibility index (Phi) is 5.54. The topological polar surface area (TPSA) is 17.1 Å². The van der Waals surface area contributed by atoms with Gasteiger partial charge in [0, 0.05) is 21.3 Å². The van der Waals surface area contributed by atoms with E-state index in [1.54, 1.807) is 0 Å². The lowest BCUT2D eigenvalue weighted by Crippen LogP contribution is -2.27. The Morgan fingerprint density at radius 3 is 1.27 bits per heavy atom. The van der Waals surface area contributed by atoms with Gasteiger partial charge in [-0.25, -0.2) is 0 Å². The highest BCUT2D eigenvalue weighted by Crippen LogP contribution is 2.51. The maximum absolute atomic E-state index is 17.1. The molecule has 0 amide bonds. The molecule has 9 aromatic rings. The summed E-state index contributed by atoms with van der Waals surface area (Å²) < 4.78 is 17.1. The maximum Gasteiger partial charge on any atom is 0.173 e. The molecule has 44 heavy (non-hydrogen) atoms. The summed E-state index contributed by atoms with van der Waals surface area (Å²) in [6, 6.07) is 57.4. The van der Waals surface area contributed by atoms with Gasteiger partial charge in [0.1, 0.15) is 0 Å². The highest BCUT2D eigenvalue weighted by Gasteiger charge is 2.36. The van der Waals surface area contributed by atoms with Crippen LogP contribution in [0.1, 0.15) is 0 Å². The van der Waals surface area contributed by atoms with Crippen molar-refractivity contribution in [3.05, 3.63) is 164 Å². The quantitative estimate of drug-likeness (QED) is 0.116. The third-order valence-corrected chi connectivity index (χ3v) is 12.5. The molecule has 0 fully saturated rings. The van der Waals surface area contributed by atoms with E-state index >= 15 is 4.57 Å². The van der Waals surface area contributed by atoms with Gasteiger partial charge in [0.25, 0.3) is 0 Å². The minimum absolute atomic E-state index is 0.877. The van der Waals surface area contributed by atoms with Gasteiger partial charge in [-0.1, -0.05) is 158 Å². The van der Waals surface area contributed by atoms with Crippen LogP contribution in [0.15, 0.2) is 164 Å². The van der Waals surface area contributed by atoms with E-state index in [2.05, 4.69) is 164 Å². The monoisotopic (exact) mass is 578 g/mol. The molecule has 0 spiro atoms. The second-order valence-corrected chi connectivity index (χ2v) is 14.2. The molecule has 0 aliphatic rings. The second kappa shape index (κ2) is 9.64. The molecular weight excluding hydrogens is 551 g/mol. The van der Waals surface area contributed by atoms with Gasteiger partial charge in [-0.15, -0.1) is 0 Å². The Balaban J connectivity index is 1.62. The van der Waals surface area contributed by atoms with Crippen LogP contribution in [0.25, 0.3) is 64.6 Å². The fourth-order valence-corrected chi connectivity index (χ4v) is 10.9. The normalized spacial score (nSPS) is 12.2. The van der Waals surface area contributed by atoms with Crippen molar-refractivity contribution >= 4 is 87.7 Å². The molecular formula is C42H27OP. The highest BCUT2D eigenvalue weighted by molar-refractivity contribution is 7.87. The van der Waals surface area contributed by atoms with Crippen molar-refractivity contribution in [2.24, 2.45) is 0 Å². The zero-order valence-corrected chi connectivity index (χ0v) is 24.8. The van der Waals surface area contributed by atoms with Crippen molar-refractivity contribution in [3.8, 4) is 0 Å².